The van der Waals surface area contributed by atoms with E-state index in [2.05, 4.69) is 12.2 Å². The van der Waals surface area contributed by atoms with Crippen LogP contribution in [-0.2, 0) is 25.5 Å². The van der Waals surface area contributed by atoms with Crippen LogP contribution in [0.4, 0.5) is 11.4 Å². The standard InChI is InChI=1S/C22H24N2O5/c1-3-16-8-10-17(11-9-16)23-22(27)15(2)29-21(26)12-13-24-18-6-4-5-7-19(18)28-14-20(24)25/h4-11,15H,3,12-14H2,1-2H3,(H,23,27)/t15-/m1/s1. The SMILES string of the molecule is CCc1ccc(NC(=O)[C@@H](C)OC(=O)CCN2C(=O)COc3ccccc32)cc1. The largest absolute Gasteiger partial charge is 0.482 e. The Morgan fingerprint density at radius 1 is 1.17 bits per heavy atom. The lowest BCUT2D eigenvalue weighted by atomic mass is 10.1. The lowest BCUT2D eigenvalue weighted by Crippen LogP contribution is -2.40. The van der Waals surface area contributed by atoms with Gasteiger partial charge in [-0.25, -0.2) is 0 Å². The maximum absolute atomic E-state index is 12.3. The maximum atomic E-state index is 12.3. The summed E-state index contributed by atoms with van der Waals surface area (Å²) in [5, 5.41) is 2.73. The van der Waals surface area contributed by atoms with Crippen molar-refractivity contribution in [3.8, 4) is 5.75 Å². The van der Waals surface area contributed by atoms with Crippen LogP contribution >= 0.6 is 0 Å². The molecule has 2 amide bonds. The Balaban J connectivity index is 1.51. The summed E-state index contributed by atoms with van der Waals surface area (Å²) in [5.74, 6) is -0.582. The molecule has 0 saturated heterocycles. The van der Waals surface area contributed by atoms with Crippen molar-refractivity contribution in [2.24, 2.45) is 0 Å². The molecule has 1 heterocycles. The van der Waals surface area contributed by atoms with Gasteiger partial charge < -0.3 is 19.7 Å². The van der Waals surface area contributed by atoms with Crippen molar-refractivity contribution in [2.75, 3.05) is 23.4 Å². The Bertz CT molecular complexity index is 894. The topological polar surface area (TPSA) is 84.9 Å². The van der Waals surface area contributed by atoms with Crippen molar-refractivity contribution in [3.63, 3.8) is 0 Å². The highest BCUT2D eigenvalue weighted by molar-refractivity contribution is 5.98. The number of hydrogen-bond acceptors (Lipinski definition) is 5. The third-order valence-corrected chi connectivity index (χ3v) is 4.65. The minimum Gasteiger partial charge on any atom is -0.482 e. The van der Waals surface area contributed by atoms with Crippen LogP contribution in [0, 0.1) is 0 Å². The van der Waals surface area contributed by atoms with E-state index in [4.69, 9.17) is 9.47 Å². The quantitative estimate of drug-likeness (QED) is 0.728. The molecule has 0 fully saturated rings. The van der Waals surface area contributed by atoms with Gasteiger partial charge in [0.15, 0.2) is 12.7 Å². The first kappa shape index (κ1) is 20.4. The van der Waals surface area contributed by atoms with Crippen LogP contribution in [0.25, 0.3) is 0 Å². The molecule has 0 unspecified atom stereocenters. The lowest BCUT2D eigenvalue weighted by Gasteiger charge is -2.29. The fourth-order valence-corrected chi connectivity index (χ4v) is 2.98. The van der Waals surface area contributed by atoms with Gasteiger partial charge in [0.25, 0.3) is 11.8 Å². The van der Waals surface area contributed by atoms with E-state index in [9.17, 15) is 14.4 Å². The number of hydrogen-bond donors (Lipinski definition) is 1. The number of esters is 1. The van der Waals surface area contributed by atoms with Gasteiger partial charge in [-0.1, -0.05) is 31.2 Å². The summed E-state index contributed by atoms with van der Waals surface area (Å²) < 4.78 is 10.6. The highest BCUT2D eigenvalue weighted by atomic mass is 16.5. The van der Waals surface area contributed by atoms with Gasteiger partial charge in [-0.3, -0.25) is 14.4 Å². The lowest BCUT2D eigenvalue weighted by molar-refractivity contribution is -0.153. The van der Waals surface area contributed by atoms with Crippen LogP contribution < -0.4 is 15.0 Å². The molecule has 152 valence electrons. The highest BCUT2D eigenvalue weighted by Crippen LogP contribution is 2.31. The number of aryl methyl sites for hydroxylation is 1. The molecule has 0 saturated carbocycles. The van der Waals surface area contributed by atoms with E-state index in [1.54, 1.807) is 18.2 Å². The van der Waals surface area contributed by atoms with Crippen LogP contribution in [0.3, 0.4) is 0 Å². The number of benzene rings is 2. The first-order valence-electron chi connectivity index (χ1n) is 9.59. The molecule has 0 spiro atoms. The smallest absolute Gasteiger partial charge is 0.308 e. The van der Waals surface area contributed by atoms with E-state index in [1.807, 2.05) is 30.3 Å². The van der Waals surface area contributed by atoms with E-state index in [-0.39, 0.29) is 25.5 Å². The van der Waals surface area contributed by atoms with E-state index >= 15 is 0 Å². The minimum atomic E-state index is -0.943. The fraction of sp³-hybridized carbons (Fsp3) is 0.318. The van der Waals surface area contributed by atoms with Gasteiger partial charge in [0.1, 0.15) is 5.75 Å². The first-order valence-corrected chi connectivity index (χ1v) is 9.59. The number of anilines is 2. The zero-order valence-electron chi connectivity index (χ0n) is 16.5. The third-order valence-electron chi connectivity index (χ3n) is 4.65. The highest BCUT2D eigenvalue weighted by Gasteiger charge is 2.26. The van der Waals surface area contributed by atoms with Gasteiger partial charge in [0.05, 0.1) is 12.1 Å². The number of fused-ring (bicyclic) bond motifs is 1. The van der Waals surface area contributed by atoms with E-state index in [0.29, 0.717) is 17.1 Å². The Kier molecular flexibility index (Phi) is 6.49. The molecule has 0 radical (unpaired) electrons. The molecule has 1 atom stereocenters. The maximum Gasteiger partial charge on any atom is 0.308 e. The van der Waals surface area contributed by atoms with Crippen LogP contribution in [0.15, 0.2) is 48.5 Å². The Morgan fingerprint density at radius 3 is 2.62 bits per heavy atom. The molecule has 2 aromatic carbocycles. The van der Waals surface area contributed by atoms with E-state index in [0.717, 1.165) is 6.42 Å². The molecule has 7 heteroatoms. The minimum absolute atomic E-state index is 0.0249. The summed E-state index contributed by atoms with van der Waals surface area (Å²) in [5.41, 5.74) is 2.44. The normalized spacial score (nSPS) is 13.9. The van der Waals surface area contributed by atoms with Crippen molar-refractivity contribution < 1.29 is 23.9 Å². The fourth-order valence-electron chi connectivity index (χ4n) is 2.98. The molecule has 1 aliphatic heterocycles. The monoisotopic (exact) mass is 396 g/mol. The van der Waals surface area contributed by atoms with Gasteiger partial charge in [-0.05, 0) is 43.2 Å². The molecule has 0 bridgehead atoms. The summed E-state index contributed by atoms with van der Waals surface area (Å²) in [4.78, 5) is 38.1. The van der Waals surface area contributed by atoms with Gasteiger partial charge in [-0.2, -0.15) is 0 Å². The number of para-hydroxylation sites is 2. The number of rotatable bonds is 7. The van der Waals surface area contributed by atoms with Crippen LogP contribution in [0.2, 0.25) is 0 Å². The number of ether oxygens (including phenoxy) is 2. The molecule has 0 aliphatic carbocycles. The predicted molar refractivity (Wildman–Crippen MR) is 109 cm³/mol. The number of nitrogens with zero attached hydrogens (tertiary/aromatic N) is 1. The van der Waals surface area contributed by atoms with Crippen molar-refractivity contribution in [2.45, 2.75) is 32.8 Å². The Hall–Kier alpha value is -3.35. The average Bonchev–Trinajstić information content (AvgIpc) is 2.73. The number of carbonyl (C=O) groups excluding carboxylic acids is 3. The van der Waals surface area contributed by atoms with Gasteiger partial charge in [-0.15, -0.1) is 0 Å². The van der Waals surface area contributed by atoms with Crippen LogP contribution in [0.5, 0.6) is 5.75 Å². The van der Waals surface area contributed by atoms with Crippen molar-refractivity contribution in [1.29, 1.82) is 0 Å². The van der Waals surface area contributed by atoms with Crippen molar-refractivity contribution in [3.05, 3.63) is 54.1 Å². The second-order valence-electron chi connectivity index (χ2n) is 6.72. The molecule has 7 nitrogen and oxygen atoms in total. The zero-order valence-corrected chi connectivity index (χ0v) is 16.5. The summed E-state index contributed by atoms with van der Waals surface area (Å²) in [6, 6.07) is 14.6. The molecule has 1 N–H and O–H groups in total. The third kappa shape index (κ3) is 5.13. The molecule has 29 heavy (non-hydrogen) atoms. The Morgan fingerprint density at radius 2 is 1.90 bits per heavy atom. The number of nitrogens with one attached hydrogen (secondary N) is 1. The van der Waals surface area contributed by atoms with Gasteiger partial charge in [0.2, 0.25) is 0 Å². The predicted octanol–water partition coefficient (Wildman–Crippen LogP) is 2.93. The van der Waals surface area contributed by atoms with E-state index < -0.39 is 18.0 Å². The molecular formula is C22H24N2O5. The average molecular weight is 396 g/mol. The summed E-state index contributed by atoms with van der Waals surface area (Å²) >= 11 is 0. The number of amides is 2. The van der Waals surface area contributed by atoms with Crippen molar-refractivity contribution in [1.82, 2.24) is 0 Å². The summed E-state index contributed by atoms with van der Waals surface area (Å²) in [6.07, 6.45) is -0.0534. The van der Waals surface area contributed by atoms with Gasteiger partial charge in [0, 0.05) is 12.2 Å². The first-order chi connectivity index (χ1) is 14.0. The second-order valence-corrected chi connectivity index (χ2v) is 6.72. The summed E-state index contributed by atoms with van der Waals surface area (Å²) in [6.45, 7) is 3.66. The van der Waals surface area contributed by atoms with E-state index in [1.165, 1.54) is 17.4 Å². The van der Waals surface area contributed by atoms with Crippen molar-refractivity contribution >= 4 is 29.2 Å². The molecule has 3 rings (SSSR count). The molecular weight excluding hydrogens is 372 g/mol. The number of carbonyl (C=O) groups is 3. The molecule has 1 aliphatic rings. The molecule has 0 aromatic heterocycles. The van der Waals surface area contributed by atoms with Crippen LogP contribution in [0.1, 0.15) is 25.8 Å². The Labute approximate surface area is 169 Å². The second kappa shape index (κ2) is 9.23. The van der Waals surface area contributed by atoms with Crippen LogP contribution in [-0.4, -0.2) is 37.0 Å². The van der Waals surface area contributed by atoms with Gasteiger partial charge >= 0.3 is 5.97 Å². The summed E-state index contributed by atoms with van der Waals surface area (Å²) in [7, 11) is 0. The zero-order chi connectivity index (χ0) is 20.8. The molecule has 2 aromatic rings.